The Hall–Kier alpha value is -1.76. The van der Waals surface area contributed by atoms with Crippen LogP contribution < -0.4 is 4.74 Å². The summed E-state index contributed by atoms with van der Waals surface area (Å²) in [7, 11) is 0. The van der Waals surface area contributed by atoms with Gasteiger partial charge in [-0.05, 0) is 31.5 Å². The van der Waals surface area contributed by atoms with Gasteiger partial charge >= 0.3 is 12.1 Å². The van der Waals surface area contributed by atoms with Crippen LogP contribution >= 0.6 is 0 Å². The van der Waals surface area contributed by atoms with Crippen LogP contribution in [0.1, 0.15) is 19.4 Å². The summed E-state index contributed by atoms with van der Waals surface area (Å²) in [4.78, 5) is 11.5. The molecule has 0 heterocycles. The lowest BCUT2D eigenvalue weighted by Gasteiger charge is -2.22. The van der Waals surface area contributed by atoms with Gasteiger partial charge in [-0.15, -0.1) is 0 Å². The van der Waals surface area contributed by atoms with E-state index >= 15 is 0 Å². The molecular weight excluding hydrogens is 287 g/mol. The van der Waals surface area contributed by atoms with Gasteiger partial charge in [0.1, 0.15) is 5.75 Å². The predicted octanol–water partition coefficient (Wildman–Crippen LogP) is 2.92. The van der Waals surface area contributed by atoms with Crippen molar-refractivity contribution in [2.45, 2.75) is 32.7 Å². The van der Waals surface area contributed by atoms with Gasteiger partial charge in [-0.25, -0.2) is 0 Å². The highest BCUT2D eigenvalue weighted by Crippen LogP contribution is 2.19. The number of carbonyl (C=O) groups is 1. The van der Waals surface area contributed by atoms with Crippen LogP contribution in [0.15, 0.2) is 24.3 Å². The van der Waals surface area contributed by atoms with E-state index in [0.29, 0.717) is 11.3 Å². The van der Waals surface area contributed by atoms with E-state index in [1.165, 1.54) is 0 Å². The van der Waals surface area contributed by atoms with Crippen LogP contribution in [0, 0.1) is 0 Å². The van der Waals surface area contributed by atoms with E-state index in [2.05, 4.69) is 0 Å². The van der Waals surface area contributed by atoms with Gasteiger partial charge in [0.2, 0.25) is 0 Å². The van der Waals surface area contributed by atoms with Crippen molar-refractivity contribution in [2.24, 2.45) is 0 Å². The Morgan fingerprint density at radius 2 is 1.86 bits per heavy atom. The molecule has 0 saturated heterocycles. The zero-order valence-corrected chi connectivity index (χ0v) is 11.9. The molecule has 0 fully saturated rings. The minimum absolute atomic E-state index is 0.00425. The van der Waals surface area contributed by atoms with E-state index in [9.17, 15) is 18.0 Å². The molecule has 0 bridgehead atoms. The lowest BCUT2D eigenvalue weighted by Crippen LogP contribution is -2.37. The maximum atomic E-state index is 12.4. The van der Waals surface area contributed by atoms with Crippen LogP contribution in [-0.2, 0) is 11.3 Å². The van der Waals surface area contributed by atoms with Crippen molar-refractivity contribution in [3.63, 3.8) is 0 Å². The van der Waals surface area contributed by atoms with Crippen molar-refractivity contribution in [3.8, 4) is 5.75 Å². The molecule has 0 aliphatic rings. The maximum absolute atomic E-state index is 12.4. The van der Waals surface area contributed by atoms with Crippen LogP contribution in [0.3, 0.4) is 0 Å². The Balaban J connectivity index is 2.71. The van der Waals surface area contributed by atoms with Gasteiger partial charge in [0.15, 0.2) is 0 Å². The number of aliphatic carboxylic acids is 1. The van der Waals surface area contributed by atoms with Crippen LogP contribution in [-0.4, -0.2) is 41.3 Å². The SMILES string of the molecule is CC(C)Oc1ccc(CN(CC(=O)O)CC(F)(F)F)cc1. The summed E-state index contributed by atoms with van der Waals surface area (Å²) >= 11 is 0. The molecule has 4 nitrogen and oxygen atoms in total. The molecule has 118 valence electrons. The number of benzene rings is 1. The fourth-order valence-corrected chi connectivity index (χ4v) is 1.82. The van der Waals surface area contributed by atoms with E-state index in [1.807, 2.05) is 13.8 Å². The summed E-state index contributed by atoms with van der Waals surface area (Å²) in [5, 5.41) is 8.67. The number of alkyl halides is 3. The van der Waals surface area contributed by atoms with Crippen molar-refractivity contribution in [3.05, 3.63) is 29.8 Å². The zero-order valence-electron chi connectivity index (χ0n) is 11.9. The second-order valence-corrected chi connectivity index (χ2v) is 4.96. The fraction of sp³-hybridized carbons (Fsp3) is 0.500. The molecule has 0 atom stereocenters. The second-order valence-electron chi connectivity index (χ2n) is 4.96. The van der Waals surface area contributed by atoms with Crippen molar-refractivity contribution in [1.82, 2.24) is 4.90 Å². The molecule has 0 radical (unpaired) electrons. The summed E-state index contributed by atoms with van der Waals surface area (Å²) in [6.07, 6.45) is -4.43. The average Bonchev–Trinajstić information content (AvgIpc) is 2.27. The molecule has 1 aromatic rings. The number of carboxylic acid groups (broad SMARTS) is 1. The molecule has 1 rings (SSSR count). The first-order valence-corrected chi connectivity index (χ1v) is 6.42. The molecule has 0 aromatic heterocycles. The van der Waals surface area contributed by atoms with Gasteiger partial charge in [-0.1, -0.05) is 12.1 Å². The molecule has 1 N–H and O–H groups in total. The maximum Gasteiger partial charge on any atom is 0.401 e. The fourth-order valence-electron chi connectivity index (χ4n) is 1.82. The first-order chi connectivity index (χ1) is 9.65. The van der Waals surface area contributed by atoms with Gasteiger partial charge in [0, 0.05) is 6.54 Å². The third-order valence-corrected chi connectivity index (χ3v) is 2.46. The van der Waals surface area contributed by atoms with Crippen LogP contribution in [0.2, 0.25) is 0 Å². The average molecular weight is 305 g/mol. The highest BCUT2D eigenvalue weighted by atomic mass is 19.4. The molecule has 0 amide bonds. The van der Waals surface area contributed by atoms with E-state index in [0.717, 1.165) is 4.90 Å². The highest BCUT2D eigenvalue weighted by molar-refractivity contribution is 5.69. The van der Waals surface area contributed by atoms with Crippen molar-refractivity contribution in [1.29, 1.82) is 0 Å². The summed E-state index contributed by atoms with van der Waals surface area (Å²) in [6.45, 7) is 1.72. The molecule has 0 aliphatic heterocycles. The van der Waals surface area contributed by atoms with Crippen LogP contribution in [0.4, 0.5) is 13.2 Å². The van der Waals surface area contributed by atoms with E-state index in [4.69, 9.17) is 9.84 Å². The molecule has 0 aliphatic carbocycles. The first-order valence-electron chi connectivity index (χ1n) is 6.42. The zero-order chi connectivity index (χ0) is 16.0. The van der Waals surface area contributed by atoms with Crippen molar-refractivity contribution >= 4 is 5.97 Å². The molecule has 1 aromatic carbocycles. The van der Waals surface area contributed by atoms with Gasteiger partial charge < -0.3 is 9.84 Å². The minimum Gasteiger partial charge on any atom is -0.491 e. The third kappa shape index (κ3) is 7.55. The standard InChI is InChI=1S/C14H18F3NO3/c1-10(2)21-12-5-3-11(4-6-12)7-18(8-13(19)20)9-14(15,16)17/h3-6,10H,7-9H2,1-2H3,(H,19,20). The number of hydrogen-bond acceptors (Lipinski definition) is 3. The third-order valence-electron chi connectivity index (χ3n) is 2.46. The monoisotopic (exact) mass is 305 g/mol. The quantitative estimate of drug-likeness (QED) is 0.841. The van der Waals surface area contributed by atoms with E-state index in [1.54, 1.807) is 24.3 Å². The van der Waals surface area contributed by atoms with Crippen LogP contribution in [0.25, 0.3) is 0 Å². The second kappa shape index (κ2) is 7.31. The van der Waals surface area contributed by atoms with Gasteiger partial charge in [0.05, 0.1) is 19.2 Å². The molecule has 21 heavy (non-hydrogen) atoms. The number of hydrogen-bond donors (Lipinski definition) is 1. The first kappa shape index (κ1) is 17.3. The number of halogens is 3. The summed E-state index contributed by atoms with van der Waals surface area (Å²) in [5.41, 5.74) is 0.594. The smallest absolute Gasteiger partial charge is 0.401 e. The number of rotatable bonds is 7. The molecule has 0 saturated carbocycles. The Morgan fingerprint density at radius 3 is 2.29 bits per heavy atom. The summed E-state index contributed by atoms with van der Waals surface area (Å²) < 4.78 is 42.7. The molecule has 0 spiro atoms. The Labute approximate surface area is 121 Å². The largest absolute Gasteiger partial charge is 0.491 e. The van der Waals surface area contributed by atoms with Crippen molar-refractivity contribution < 1.29 is 27.8 Å². The number of carboxylic acids is 1. The molecule has 7 heteroatoms. The topological polar surface area (TPSA) is 49.8 Å². The van der Waals surface area contributed by atoms with Gasteiger partial charge in [-0.3, -0.25) is 9.69 Å². The lowest BCUT2D eigenvalue weighted by atomic mass is 10.2. The number of ether oxygens (including phenoxy) is 1. The predicted molar refractivity (Wildman–Crippen MR) is 71.2 cm³/mol. The highest BCUT2D eigenvalue weighted by Gasteiger charge is 2.31. The van der Waals surface area contributed by atoms with Gasteiger partial charge in [-0.2, -0.15) is 13.2 Å². The molecule has 0 unspecified atom stereocenters. The van der Waals surface area contributed by atoms with E-state index < -0.39 is 25.2 Å². The Kier molecular flexibility index (Phi) is 6.02. The van der Waals surface area contributed by atoms with Gasteiger partial charge in [0.25, 0.3) is 0 Å². The Morgan fingerprint density at radius 1 is 1.29 bits per heavy atom. The summed E-state index contributed by atoms with van der Waals surface area (Å²) in [5.74, 6) is -0.673. The van der Waals surface area contributed by atoms with Crippen LogP contribution in [0.5, 0.6) is 5.75 Å². The summed E-state index contributed by atoms with van der Waals surface area (Å²) in [6, 6.07) is 6.57. The lowest BCUT2D eigenvalue weighted by molar-refractivity contribution is -0.154. The minimum atomic E-state index is -4.43. The molecular formula is C14H18F3NO3. The van der Waals surface area contributed by atoms with Crippen molar-refractivity contribution in [2.75, 3.05) is 13.1 Å². The normalized spacial score (nSPS) is 12.0. The van der Waals surface area contributed by atoms with E-state index in [-0.39, 0.29) is 12.6 Å². The number of nitrogens with zero attached hydrogens (tertiary/aromatic N) is 1. The Bertz CT molecular complexity index is 458.